The van der Waals surface area contributed by atoms with Gasteiger partial charge in [0.05, 0.1) is 10.6 Å². The quantitative estimate of drug-likeness (QED) is 0.531. The van der Waals surface area contributed by atoms with Gasteiger partial charge in [-0.15, -0.1) is 0 Å². The van der Waals surface area contributed by atoms with Crippen LogP contribution in [0.4, 0.5) is 11.4 Å². The molecule has 0 radical (unpaired) electrons. The van der Waals surface area contributed by atoms with E-state index in [9.17, 15) is 15.2 Å². The second-order valence-electron chi connectivity index (χ2n) is 4.42. The number of halogens is 1. The Kier molecular flexibility index (Phi) is 3.56. The van der Waals surface area contributed by atoms with Crippen LogP contribution in [0.5, 0.6) is 17.2 Å². The van der Waals surface area contributed by atoms with Gasteiger partial charge >= 0.3 is 5.69 Å². The van der Waals surface area contributed by atoms with Crippen molar-refractivity contribution in [2.45, 2.75) is 0 Å². The van der Waals surface area contributed by atoms with Gasteiger partial charge < -0.3 is 14.6 Å². The minimum Gasteiger partial charge on any atom is -0.502 e. The summed E-state index contributed by atoms with van der Waals surface area (Å²) >= 11 is 5.81. The van der Waals surface area contributed by atoms with E-state index in [1.54, 1.807) is 18.2 Å². The fourth-order valence-corrected chi connectivity index (χ4v) is 2.17. The van der Waals surface area contributed by atoms with Crippen LogP contribution < -0.4 is 9.47 Å². The van der Waals surface area contributed by atoms with Crippen molar-refractivity contribution >= 4 is 29.2 Å². The lowest BCUT2D eigenvalue weighted by Gasteiger charge is -2.02. The lowest BCUT2D eigenvalue weighted by Crippen LogP contribution is -1.92. The largest absolute Gasteiger partial charge is 0.502 e. The molecule has 1 heterocycles. The van der Waals surface area contributed by atoms with Crippen molar-refractivity contribution in [1.29, 1.82) is 0 Å². The minimum absolute atomic E-state index is 0.136. The van der Waals surface area contributed by atoms with Crippen LogP contribution in [0.2, 0.25) is 5.02 Å². The second kappa shape index (κ2) is 5.53. The fourth-order valence-electron chi connectivity index (χ4n) is 1.95. The molecule has 22 heavy (non-hydrogen) atoms. The van der Waals surface area contributed by atoms with E-state index < -0.39 is 16.4 Å². The molecule has 2 aromatic rings. The number of aliphatic imine (C=N–C) groups is 1. The molecule has 0 atom stereocenters. The Morgan fingerprint density at radius 2 is 2.05 bits per heavy atom. The number of rotatable bonds is 3. The molecule has 0 bridgehead atoms. The van der Waals surface area contributed by atoms with Crippen LogP contribution in [0.15, 0.2) is 35.3 Å². The van der Waals surface area contributed by atoms with Crippen LogP contribution in [-0.2, 0) is 0 Å². The molecule has 2 aromatic carbocycles. The molecular weight excluding hydrogens is 312 g/mol. The molecular formula is C14H9ClN2O5. The predicted molar refractivity (Wildman–Crippen MR) is 79.6 cm³/mol. The minimum atomic E-state index is -0.709. The lowest BCUT2D eigenvalue weighted by molar-refractivity contribution is -0.385. The second-order valence-corrected chi connectivity index (χ2v) is 4.85. The average Bonchev–Trinajstić information content (AvgIpc) is 2.95. The van der Waals surface area contributed by atoms with E-state index in [1.165, 1.54) is 12.3 Å². The molecule has 0 spiro atoms. The highest BCUT2D eigenvalue weighted by Crippen LogP contribution is 2.36. The zero-order valence-electron chi connectivity index (χ0n) is 11.0. The number of phenols is 1. The molecule has 0 amide bonds. The molecule has 1 aliphatic heterocycles. The number of fused-ring (bicyclic) bond motifs is 1. The summed E-state index contributed by atoms with van der Waals surface area (Å²) in [6.45, 7) is 0.157. The topological polar surface area (TPSA) is 94.2 Å². The number of nitro benzene ring substituents is 1. The van der Waals surface area contributed by atoms with E-state index >= 15 is 0 Å². The normalized spacial score (nSPS) is 12.8. The van der Waals surface area contributed by atoms with Gasteiger partial charge in [-0.25, -0.2) is 0 Å². The molecule has 7 nitrogen and oxygen atoms in total. The third kappa shape index (κ3) is 2.66. The summed E-state index contributed by atoms with van der Waals surface area (Å²) < 4.78 is 10.4. The number of phenolic OH excluding ortho intramolecular Hbond substituents is 1. The number of aromatic hydroxyl groups is 1. The first-order valence-corrected chi connectivity index (χ1v) is 6.53. The lowest BCUT2D eigenvalue weighted by atomic mass is 10.2. The Balaban J connectivity index is 1.94. The molecule has 0 fully saturated rings. The van der Waals surface area contributed by atoms with Gasteiger partial charge in [0.15, 0.2) is 11.5 Å². The first-order chi connectivity index (χ1) is 10.5. The Morgan fingerprint density at radius 3 is 2.82 bits per heavy atom. The highest BCUT2D eigenvalue weighted by molar-refractivity contribution is 6.31. The summed E-state index contributed by atoms with van der Waals surface area (Å²) in [5.41, 5.74) is 0.225. The van der Waals surface area contributed by atoms with Crippen LogP contribution >= 0.6 is 11.6 Å². The van der Waals surface area contributed by atoms with Gasteiger partial charge in [0.25, 0.3) is 0 Å². The zero-order chi connectivity index (χ0) is 15.7. The molecule has 112 valence electrons. The van der Waals surface area contributed by atoms with E-state index in [-0.39, 0.29) is 17.4 Å². The van der Waals surface area contributed by atoms with Gasteiger partial charge in [-0.05, 0) is 18.2 Å². The van der Waals surface area contributed by atoms with Crippen molar-refractivity contribution < 1.29 is 19.5 Å². The Hall–Kier alpha value is -2.80. The van der Waals surface area contributed by atoms with Crippen LogP contribution in [-0.4, -0.2) is 23.0 Å². The highest BCUT2D eigenvalue weighted by atomic mass is 35.5. The summed E-state index contributed by atoms with van der Waals surface area (Å²) in [5.74, 6) is 0.704. The third-order valence-corrected chi connectivity index (χ3v) is 3.21. The standard InChI is InChI=1S/C14H9ClN2O5/c15-9-3-8(14(18)11(4-9)17(19)20)6-16-10-1-2-12-13(5-10)22-7-21-12/h1-6,18H,7H2. The van der Waals surface area contributed by atoms with E-state index in [4.69, 9.17) is 21.1 Å². The molecule has 0 aromatic heterocycles. The van der Waals surface area contributed by atoms with Gasteiger partial charge in [-0.3, -0.25) is 15.1 Å². The maximum absolute atomic E-state index is 10.8. The van der Waals surface area contributed by atoms with Gasteiger partial charge in [0, 0.05) is 28.9 Å². The van der Waals surface area contributed by atoms with Gasteiger partial charge in [-0.2, -0.15) is 0 Å². The molecule has 0 unspecified atom stereocenters. The molecule has 1 N–H and O–H groups in total. The number of ether oxygens (including phenoxy) is 2. The van der Waals surface area contributed by atoms with Gasteiger partial charge in [0.2, 0.25) is 12.5 Å². The molecule has 8 heteroatoms. The van der Waals surface area contributed by atoms with Crippen LogP contribution in [0.25, 0.3) is 0 Å². The summed E-state index contributed by atoms with van der Waals surface area (Å²) in [6.07, 6.45) is 1.30. The summed E-state index contributed by atoms with van der Waals surface area (Å²) in [4.78, 5) is 14.3. The molecule has 0 aliphatic carbocycles. The molecule has 1 aliphatic rings. The maximum Gasteiger partial charge on any atom is 0.312 e. The van der Waals surface area contributed by atoms with E-state index in [0.29, 0.717) is 17.2 Å². The maximum atomic E-state index is 10.8. The van der Waals surface area contributed by atoms with Crippen LogP contribution in [0.1, 0.15) is 5.56 Å². The van der Waals surface area contributed by atoms with Crippen molar-refractivity contribution in [3.05, 3.63) is 51.0 Å². The summed E-state index contributed by atoms with van der Waals surface area (Å²) in [7, 11) is 0. The number of nitro groups is 1. The monoisotopic (exact) mass is 320 g/mol. The van der Waals surface area contributed by atoms with Crippen molar-refractivity contribution in [1.82, 2.24) is 0 Å². The van der Waals surface area contributed by atoms with Crippen molar-refractivity contribution in [3.8, 4) is 17.2 Å². The first-order valence-electron chi connectivity index (χ1n) is 6.15. The van der Waals surface area contributed by atoms with Gasteiger partial charge in [0.1, 0.15) is 0 Å². The predicted octanol–water partition coefficient (Wildman–Crippen LogP) is 3.43. The third-order valence-electron chi connectivity index (χ3n) is 2.99. The number of nitrogens with zero attached hydrogens (tertiary/aromatic N) is 2. The molecule has 3 rings (SSSR count). The van der Waals surface area contributed by atoms with E-state index in [2.05, 4.69) is 4.99 Å². The Bertz CT molecular complexity index is 791. The average molecular weight is 321 g/mol. The summed E-state index contributed by atoms with van der Waals surface area (Å²) in [5, 5.41) is 20.9. The fraction of sp³-hybridized carbons (Fsp3) is 0.0714. The summed E-state index contributed by atoms with van der Waals surface area (Å²) in [6, 6.07) is 7.53. The van der Waals surface area contributed by atoms with Crippen LogP contribution in [0.3, 0.4) is 0 Å². The number of benzene rings is 2. The van der Waals surface area contributed by atoms with Crippen molar-refractivity contribution in [3.63, 3.8) is 0 Å². The SMILES string of the molecule is O=[N+]([O-])c1cc(Cl)cc(C=Nc2ccc3c(c2)OCO3)c1O. The highest BCUT2D eigenvalue weighted by Gasteiger charge is 2.18. The van der Waals surface area contributed by atoms with Crippen LogP contribution in [0, 0.1) is 10.1 Å². The zero-order valence-corrected chi connectivity index (χ0v) is 11.8. The number of hydrogen-bond donors (Lipinski definition) is 1. The smallest absolute Gasteiger partial charge is 0.312 e. The van der Waals surface area contributed by atoms with Crippen molar-refractivity contribution in [2.75, 3.05) is 6.79 Å². The molecule has 0 saturated heterocycles. The Morgan fingerprint density at radius 1 is 1.27 bits per heavy atom. The Labute approximate surface area is 129 Å². The first kappa shape index (κ1) is 14.2. The van der Waals surface area contributed by atoms with E-state index in [1.807, 2.05) is 0 Å². The number of hydrogen-bond acceptors (Lipinski definition) is 6. The van der Waals surface area contributed by atoms with Gasteiger partial charge in [-0.1, -0.05) is 11.6 Å². The van der Waals surface area contributed by atoms with E-state index in [0.717, 1.165) is 6.07 Å². The van der Waals surface area contributed by atoms with Crippen molar-refractivity contribution in [2.24, 2.45) is 4.99 Å². The molecule has 0 saturated carbocycles.